The van der Waals surface area contributed by atoms with Crippen molar-refractivity contribution in [2.45, 2.75) is 13.8 Å². The molecule has 1 rings (SSSR count). The lowest BCUT2D eigenvalue weighted by molar-refractivity contribution is -0.131. The summed E-state index contributed by atoms with van der Waals surface area (Å²) in [6.45, 7) is 3.21. The fraction of sp³-hybridized carbons (Fsp3) is 0.286. The van der Waals surface area contributed by atoms with Crippen LogP contribution in [-0.4, -0.2) is 5.97 Å². The van der Waals surface area contributed by atoms with E-state index >= 15 is 0 Å². The van der Waals surface area contributed by atoms with Crippen LogP contribution in [0.1, 0.15) is 12.5 Å². The Hall–Kier alpha value is -1.03. The van der Waals surface area contributed by atoms with E-state index in [0.717, 1.165) is 5.56 Å². The second kappa shape index (κ2) is 2.92. The first-order valence-electron chi connectivity index (χ1n) is 3.13. The van der Waals surface area contributed by atoms with Crippen LogP contribution in [0.2, 0.25) is 0 Å². The first-order chi connectivity index (χ1) is 5.11. The van der Waals surface area contributed by atoms with Gasteiger partial charge in [-0.15, -0.1) is 11.3 Å². The van der Waals surface area contributed by atoms with Gasteiger partial charge in [0.15, 0.2) is 5.75 Å². The summed E-state index contributed by atoms with van der Waals surface area (Å²) in [4.78, 5) is 10.5. The highest BCUT2D eigenvalue weighted by Gasteiger charge is 2.08. The molecule has 4 heteroatoms. The van der Waals surface area contributed by atoms with Crippen LogP contribution in [0.15, 0.2) is 5.38 Å². The third-order valence-corrected chi connectivity index (χ3v) is 2.10. The Kier molecular flexibility index (Phi) is 2.14. The number of rotatable bonds is 1. The minimum absolute atomic E-state index is 0.335. The summed E-state index contributed by atoms with van der Waals surface area (Å²) in [6, 6.07) is 0. The number of nitrogen functional groups attached to an aromatic ring is 1. The van der Waals surface area contributed by atoms with Crippen molar-refractivity contribution < 1.29 is 9.53 Å². The molecule has 0 radical (unpaired) electrons. The van der Waals surface area contributed by atoms with Gasteiger partial charge in [-0.05, 0) is 12.3 Å². The number of esters is 1. The Balaban J connectivity index is 2.92. The Labute approximate surface area is 68.8 Å². The molecule has 60 valence electrons. The number of aryl methyl sites for hydroxylation is 1. The second-order valence-electron chi connectivity index (χ2n) is 2.21. The summed E-state index contributed by atoms with van der Waals surface area (Å²) in [7, 11) is 0. The van der Waals surface area contributed by atoms with E-state index in [1.807, 2.05) is 12.3 Å². The summed E-state index contributed by atoms with van der Waals surface area (Å²) in [5.41, 5.74) is 6.44. The van der Waals surface area contributed by atoms with Crippen LogP contribution in [0.5, 0.6) is 5.75 Å². The fourth-order valence-electron chi connectivity index (χ4n) is 0.728. The monoisotopic (exact) mass is 171 g/mol. The molecule has 0 fully saturated rings. The first-order valence-corrected chi connectivity index (χ1v) is 4.01. The molecule has 0 amide bonds. The third kappa shape index (κ3) is 1.71. The van der Waals surface area contributed by atoms with Gasteiger partial charge in [-0.1, -0.05) is 0 Å². The molecule has 0 unspecified atom stereocenters. The lowest BCUT2D eigenvalue weighted by Gasteiger charge is -1.99. The molecule has 0 aliphatic heterocycles. The molecule has 2 N–H and O–H groups in total. The van der Waals surface area contributed by atoms with E-state index in [-0.39, 0.29) is 5.97 Å². The highest BCUT2D eigenvalue weighted by molar-refractivity contribution is 7.14. The standard InChI is InChI=1S/C7H9NO2S/c1-4-3-11-7(8)6(4)10-5(2)9/h3H,8H2,1-2H3. The summed E-state index contributed by atoms with van der Waals surface area (Å²) < 4.78 is 4.86. The summed E-state index contributed by atoms with van der Waals surface area (Å²) in [5, 5.41) is 2.41. The van der Waals surface area contributed by atoms with E-state index in [1.54, 1.807) is 0 Å². The highest BCUT2D eigenvalue weighted by Crippen LogP contribution is 2.32. The molecule has 1 heterocycles. The molecule has 0 atom stereocenters. The van der Waals surface area contributed by atoms with Gasteiger partial charge in [0.1, 0.15) is 5.00 Å². The van der Waals surface area contributed by atoms with Crippen molar-refractivity contribution in [3.63, 3.8) is 0 Å². The van der Waals surface area contributed by atoms with Crippen LogP contribution >= 0.6 is 11.3 Å². The van der Waals surface area contributed by atoms with E-state index in [2.05, 4.69) is 0 Å². The maximum absolute atomic E-state index is 10.5. The van der Waals surface area contributed by atoms with Gasteiger partial charge in [0.2, 0.25) is 0 Å². The van der Waals surface area contributed by atoms with Crippen molar-refractivity contribution in [1.29, 1.82) is 0 Å². The maximum atomic E-state index is 10.5. The smallest absolute Gasteiger partial charge is 0.308 e. The second-order valence-corrected chi connectivity index (χ2v) is 3.12. The van der Waals surface area contributed by atoms with Crippen molar-refractivity contribution in [2.24, 2.45) is 0 Å². The number of carbonyl (C=O) groups is 1. The summed E-state index contributed by atoms with van der Waals surface area (Å²) in [6.07, 6.45) is 0. The molecule has 3 nitrogen and oxygen atoms in total. The molecule has 11 heavy (non-hydrogen) atoms. The van der Waals surface area contributed by atoms with Crippen molar-refractivity contribution in [2.75, 3.05) is 5.73 Å². The van der Waals surface area contributed by atoms with E-state index in [0.29, 0.717) is 10.8 Å². The lowest BCUT2D eigenvalue weighted by atomic mass is 10.3. The van der Waals surface area contributed by atoms with Crippen LogP contribution in [-0.2, 0) is 4.79 Å². The predicted molar refractivity (Wildman–Crippen MR) is 44.8 cm³/mol. The highest BCUT2D eigenvalue weighted by atomic mass is 32.1. The molecule has 0 aliphatic carbocycles. The third-order valence-electron chi connectivity index (χ3n) is 1.19. The van der Waals surface area contributed by atoms with Gasteiger partial charge in [-0.2, -0.15) is 0 Å². The van der Waals surface area contributed by atoms with Gasteiger partial charge in [-0.3, -0.25) is 4.79 Å². The van der Waals surface area contributed by atoms with Gasteiger partial charge in [0.05, 0.1) is 0 Å². The minimum Gasteiger partial charge on any atom is -0.423 e. The maximum Gasteiger partial charge on any atom is 0.308 e. The Morgan fingerprint density at radius 1 is 1.73 bits per heavy atom. The average molecular weight is 171 g/mol. The van der Waals surface area contributed by atoms with Crippen LogP contribution in [0.3, 0.4) is 0 Å². The first kappa shape index (κ1) is 8.07. The van der Waals surface area contributed by atoms with Crippen molar-refractivity contribution in [3.05, 3.63) is 10.9 Å². The number of hydrogen-bond acceptors (Lipinski definition) is 4. The normalized spacial score (nSPS) is 9.64. The molecule has 0 saturated carbocycles. The molecular weight excluding hydrogens is 162 g/mol. The molecule has 1 aromatic rings. The van der Waals surface area contributed by atoms with Gasteiger partial charge >= 0.3 is 5.97 Å². The lowest BCUT2D eigenvalue weighted by Crippen LogP contribution is -2.02. The Bertz CT molecular complexity index is 260. The fourth-order valence-corrected chi connectivity index (χ4v) is 1.45. The van der Waals surface area contributed by atoms with Crippen LogP contribution < -0.4 is 10.5 Å². The number of carbonyl (C=O) groups excluding carboxylic acids is 1. The van der Waals surface area contributed by atoms with Gasteiger partial charge in [0.25, 0.3) is 0 Å². The zero-order chi connectivity index (χ0) is 8.43. The van der Waals surface area contributed by atoms with Gasteiger partial charge < -0.3 is 10.5 Å². The molecule has 0 bridgehead atoms. The molecule has 0 spiro atoms. The van der Waals surface area contributed by atoms with Gasteiger partial charge in [-0.25, -0.2) is 0 Å². The largest absolute Gasteiger partial charge is 0.423 e. The average Bonchev–Trinajstić information content (AvgIpc) is 2.18. The van der Waals surface area contributed by atoms with Crippen LogP contribution in [0.4, 0.5) is 5.00 Å². The SMILES string of the molecule is CC(=O)Oc1c(C)csc1N. The number of ether oxygens (including phenoxy) is 1. The Morgan fingerprint density at radius 2 is 2.36 bits per heavy atom. The van der Waals surface area contributed by atoms with Crippen molar-refractivity contribution in [3.8, 4) is 5.75 Å². The number of thiophene rings is 1. The molecule has 0 aliphatic rings. The quantitative estimate of drug-likeness (QED) is 0.652. The molecular formula is C7H9NO2S. The molecule has 0 aromatic carbocycles. The van der Waals surface area contributed by atoms with Crippen LogP contribution in [0, 0.1) is 6.92 Å². The minimum atomic E-state index is -0.335. The number of anilines is 1. The summed E-state index contributed by atoms with van der Waals surface area (Å²) in [5.74, 6) is 0.167. The van der Waals surface area contributed by atoms with E-state index in [1.165, 1.54) is 18.3 Å². The number of hydrogen-bond donors (Lipinski definition) is 1. The zero-order valence-corrected chi connectivity index (χ0v) is 7.20. The Morgan fingerprint density at radius 3 is 2.73 bits per heavy atom. The predicted octanol–water partition coefficient (Wildman–Crippen LogP) is 1.56. The molecule has 0 saturated heterocycles. The van der Waals surface area contributed by atoms with E-state index < -0.39 is 0 Å². The van der Waals surface area contributed by atoms with E-state index in [4.69, 9.17) is 10.5 Å². The zero-order valence-electron chi connectivity index (χ0n) is 6.38. The summed E-state index contributed by atoms with van der Waals surface area (Å²) >= 11 is 1.37. The molecule has 1 aromatic heterocycles. The van der Waals surface area contributed by atoms with Crippen molar-refractivity contribution >= 4 is 22.3 Å². The van der Waals surface area contributed by atoms with Gasteiger partial charge in [0, 0.05) is 12.5 Å². The van der Waals surface area contributed by atoms with Crippen molar-refractivity contribution in [1.82, 2.24) is 0 Å². The van der Waals surface area contributed by atoms with Crippen LogP contribution in [0.25, 0.3) is 0 Å². The topological polar surface area (TPSA) is 52.3 Å². The number of nitrogens with two attached hydrogens (primary N) is 1. The van der Waals surface area contributed by atoms with E-state index in [9.17, 15) is 4.79 Å².